The van der Waals surface area contributed by atoms with Crippen molar-refractivity contribution in [2.75, 3.05) is 20.2 Å². The first-order valence-corrected chi connectivity index (χ1v) is 11.1. The maximum Gasteiger partial charge on any atom is 0.409 e. The smallest absolute Gasteiger partial charge is 0.409 e. The van der Waals surface area contributed by atoms with E-state index < -0.39 is 5.82 Å². The number of imidazole rings is 1. The summed E-state index contributed by atoms with van der Waals surface area (Å²) < 4.78 is 20.3. The van der Waals surface area contributed by atoms with Crippen LogP contribution in [0.1, 0.15) is 24.6 Å². The van der Waals surface area contributed by atoms with Gasteiger partial charge in [-0.05, 0) is 47.7 Å². The number of hydrogen-bond donors (Lipinski definition) is 3. The summed E-state index contributed by atoms with van der Waals surface area (Å²) >= 11 is 0. The van der Waals surface area contributed by atoms with Crippen LogP contribution in [-0.4, -0.2) is 56.5 Å². The summed E-state index contributed by atoms with van der Waals surface area (Å²) in [5.74, 6) is 0.286. The van der Waals surface area contributed by atoms with Gasteiger partial charge in [-0.3, -0.25) is 5.10 Å². The highest BCUT2D eigenvalue weighted by Gasteiger charge is 2.21. The van der Waals surface area contributed by atoms with E-state index in [2.05, 4.69) is 20.2 Å². The van der Waals surface area contributed by atoms with Crippen molar-refractivity contribution in [3.8, 4) is 28.4 Å². The fourth-order valence-corrected chi connectivity index (χ4v) is 4.39. The molecule has 0 saturated carbocycles. The van der Waals surface area contributed by atoms with Gasteiger partial charge in [0.25, 0.3) is 0 Å². The maximum atomic E-state index is 15.5. The van der Waals surface area contributed by atoms with Gasteiger partial charge < -0.3 is 19.7 Å². The zero-order chi connectivity index (χ0) is 23.8. The van der Waals surface area contributed by atoms with Gasteiger partial charge in [-0.2, -0.15) is 5.10 Å². The van der Waals surface area contributed by atoms with Crippen molar-refractivity contribution in [3.63, 3.8) is 0 Å². The summed E-state index contributed by atoms with van der Waals surface area (Å²) in [6.45, 7) is 2.99. The SMILES string of the molecule is CCc1cc(O)ccc1-c1ccc2c(-c3ncc(C4=CCN(C(=O)OC)CC4)[nH]3)[nH]nc2c1F. The van der Waals surface area contributed by atoms with Crippen molar-refractivity contribution < 1.29 is 19.0 Å². The molecule has 1 aliphatic rings. The second-order valence-corrected chi connectivity index (χ2v) is 8.16. The number of phenolic OH excluding ortho intramolecular Hbond substituents is 1. The molecule has 1 amide bonds. The van der Waals surface area contributed by atoms with Crippen molar-refractivity contribution in [1.29, 1.82) is 0 Å². The van der Waals surface area contributed by atoms with Crippen LogP contribution < -0.4 is 0 Å². The third-order valence-corrected chi connectivity index (χ3v) is 6.23. The normalized spacial score (nSPS) is 13.9. The van der Waals surface area contributed by atoms with E-state index in [0.29, 0.717) is 48.4 Å². The first-order chi connectivity index (χ1) is 16.5. The second kappa shape index (κ2) is 8.66. The van der Waals surface area contributed by atoms with Crippen molar-refractivity contribution in [1.82, 2.24) is 25.1 Å². The van der Waals surface area contributed by atoms with Gasteiger partial charge in [-0.15, -0.1) is 0 Å². The maximum absolute atomic E-state index is 15.5. The highest BCUT2D eigenvalue weighted by atomic mass is 19.1. The Morgan fingerprint density at radius 3 is 2.82 bits per heavy atom. The number of H-pyrrole nitrogens is 2. The fraction of sp³-hybridized carbons (Fsp3) is 0.240. The van der Waals surface area contributed by atoms with Gasteiger partial charge in [-0.1, -0.05) is 25.1 Å². The van der Waals surface area contributed by atoms with Gasteiger partial charge in [0.1, 0.15) is 17.0 Å². The van der Waals surface area contributed by atoms with Crippen molar-refractivity contribution in [3.05, 3.63) is 59.7 Å². The Bertz CT molecular complexity index is 1420. The lowest BCUT2D eigenvalue weighted by atomic mass is 9.96. The number of halogens is 1. The van der Waals surface area contributed by atoms with Crippen LogP contribution in [0.3, 0.4) is 0 Å². The average molecular weight is 461 g/mol. The van der Waals surface area contributed by atoms with E-state index in [1.165, 1.54) is 7.11 Å². The molecule has 5 rings (SSSR count). The topological polar surface area (TPSA) is 107 Å². The van der Waals surface area contributed by atoms with Gasteiger partial charge >= 0.3 is 6.09 Å². The summed E-state index contributed by atoms with van der Waals surface area (Å²) in [6.07, 6.45) is 4.69. The zero-order valence-electron chi connectivity index (χ0n) is 18.9. The van der Waals surface area contributed by atoms with Crippen molar-refractivity contribution in [2.24, 2.45) is 0 Å². The molecule has 2 aromatic heterocycles. The number of aryl methyl sites for hydroxylation is 1. The largest absolute Gasteiger partial charge is 0.508 e. The Kier molecular flexibility index (Phi) is 5.53. The van der Waals surface area contributed by atoms with E-state index in [4.69, 9.17) is 4.74 Å². The molecule has 0 atom stereocenters. The molecule has 0 spiro atoms. The van der Waals surface area contributed by atoms with Gasteiger partial charge in [-0.25, -0.2) is 14.2 Å². The van der Waals surface area contributed by atoms with E-state index in [1.807, 2.05) is 19.1 Å². The van der Waals surface area contributed by atoms with Crippen LogP contribution in [0.25, 0.3) is 39.1 Å². The third-order valence-electron chi connectivity index (χ3n) is 6.23. The highest BCUT2D eigenvalue weighted by molar-refractivity contribution is 5.95. The van der Waals surface area contributed by atoms with E-state index in [1.54, 1.807) is 35.4 Å². The van der Waals surface area contributed by atoms with Crippen LogP contribution >= 0.6 is 0 Å². The Balaban J connectivity index is 1.47. The number of nitrogens with zero attached hydrogens (tertiary/aromatic N) is 3. The van der Waals surface area contributed by atoms with Crippen LogP contribution in [-0.2, 0) is 11.2 Å². The summed E-state index contributed by atoms with van der Waals surface area (Å²) in [5.41, 5.74) is 4.74. The van der Waals surface area contributed by atoms with Crippen molar-refractivity contribution in [2.45, 2.75) is 19.8 Å². The van der Waals surface area contributed by atoms with Gasteiger partial charge in [0.05, 0.1) is 19.0 Å². The summed E-state index contributed by atoms with van der Waals surface area (Å²) in [7, 11) is 1.37. The zero-order valence-corrected chi connectivity index (χ0v) is 18.9. The number of fused-ring (bicyclic) bond motifs is 1. The number of benzene rings is 2. The fourth-order valence-electron chi connectivity index (χ4n) is 4.39. The first kappa shape index (κ1) is 21.7. The molecule has 8 nitrogen and oxygen atoms in total. The van der Waals surface area contributed by atoms with Crippen LogP contribution in [0.2, 0.25) is 0 Å². The first-order valence-electron chi connectivity index (χ1n) is 11.1. The molecule has 0 saturated heterocycles. The predicted octanol–water partition coefficient (Wildman–Crippen LogP) is 4.88. The molecule has 3 N–H and O–H groups in total. The molecule has 9 heteroatoms. The number of rotatable bonds is 4. The predicted molar refractivity (Wildman–Crippen MR) is 127 cm³/mol. The van der Waals surface area contributed by atoms with Crippen LogP contribution in [0.4, 0.5) is 9.18 Å². The number of ether oxygens (including phenoxy) is 1. The summed E-state index contributed by atoms with van der Waals surface area (Å²) in [6, 6.07) is 8.50. The number of phenols is 1. The summed E-state index contributed by atoms with van der Waals surface area (Å²) in [5, 5.41) is 17.6. The molecule has 3 heterocycles. The number of hydrogen-bond acceptors (Lipinski definition) is 5. The molecule has 1 aliphatic heterocycles. The molecular weight excluding hydrogens is 437 g/mol. The molecule has 4 aromatic rings. The lowest BCUT2D eigenvalue weighted by Crippen LogP contribution is -2.34. The van der Waals surface area contributed by atoms with Crippen LogP contribution in [0, 0.1) is 5.82 Å². The summed E-state index contributed by atoms with van der Waals surface area (Å²) in [4.78, 5) is 21.1. The minimum absolute atomic E-state index is 0.156. The Hall–Kier alpha value is -4.14. The van der Waals surface area contributed by atoms with Crippen LogP contribution in [0.15, 0.2) is 42.6 Å². The Labute approximate surface area is 195 Å². The van der Waals surface area contributed by atoms with Gasteiger partial charge in [0.15, 0.2) is 11.6 Å². The molecule has 0 radical (unpaired) electrons. The number of methoxy groups -OCH3 is 1. The molecule has 0 bridgehead atoms. The minimum atomic E-state index is -0.426. The second-order valence-electron chi connectivity index (χ2n) is 8.16. The number of aromatic nitrogens is 4. The monoisotopic (exact) mass is 461 g/mol. The standard InChI is InChI=1S/C25H24FN5O3/c1-3-14-12-16(32)4-5-17(14)18-6-7-19-22(21(18)26)29-30-23(19)24-27-13-20(28-24)15-8-10-31(11-9-15)25(33)34-2/h4-8,12-13,32H,3,9-11H2,1-2H3,(H,27,28)(H,29,30). The van der Waals surface area contributed by atoms with Crippen molar-refractivity contribution >= 4 is 22.6 Å². The minimum Gasteiger partial charge on any atom is -0.508 e. The molecular formula is C25H24FN5O3. The van der Waals surface area contributed by atoms with Gasteiger partial charge in [0.2, 0.25) is 0 Å². The molecule has 0 aliphatic carbocycles. The number of aromatic amines is 2. The van der Waals surface area contributed by atoms with E-state index >= 15 is 4.39 Å². The number of amides is 1. The molecule has 0 fully saturated rings. The molecule has 0 unspecified atom stereocenters. The lowest BCUT2D eigenvalue weighted by Gasteiger charge is -2.24. The molecule has 2 aromatic carbocycles. The van der Waals surface area contributed by atoms with Gasteiger partial charge in [0, 0.05) is 24.0 Å². The quantitative estimate of drug-likeness (QED) is 0.401. The van der Waals surface area contributed by atoms with E-state index in [9.17, 15) is 9.90 Å². The lowest BCUT2D eigenvalue weighted by molar-refractivity contribution is 0.128. The average Bonchev–Trinajstić information content (AvgIpc) is 3.52. The number of nitrogens with one attached hydrogen (secondary N) is 2. The number of carbonyl (C=O) groups is 1. The molecule has 174 valence electrons. The molecule has 34 heavy (non-hydrogen) atoms. The van der Waals surface area contributed by atoms with Crippen LogP contribution in [0.5, 0.6) is 5.75 Å². The highest BCUT2D eigenvalue weighted by Crippen LogP contribution is 2.35. The number of carbonyl (C=O) groups excluding carboxylic acids is 1. The Morgan fingerprint density at radius 1 is 1.26 bits per heavy atom. The third kappa shape index (κ3) is 3.68. The number of aromatic hydroxyl groups is 1. The van der Waals surface area contributed by atoms with E-state index in [0.717, 1.165) is 22.4 Å². The Morgan fingerprint density at radius 2 is 2.09 bits per heavy atom. The van der Waals surface area contributed by atoms with E-state index in [-0.39, 0.29) is 17.4 Å².